The molecule has 7 heteroatoms. The van der Waals surface area contributed by atoms with E-state index in [9.17, 15) is 9.59 Å². The molecule has 2 aromatic carbocycles. The zero-order valence-electron chi connectivity index (χ0n) is 17.4. The molecule has 1 N–H and O–H groups in total. The van der Waals surface area contributed by atoms with Crippen LogP contribution in [0.15, 0.2) is 65.0 Å². The number of aromatic nitrogens is 2. The van der Waals surface area contributed by atoms with E-state index in [2.05, 4.69) is 30.2 Å². The van der Waals surface area contributed by atoms with Gasteiger partial charge in [-0.2, -0.15) is 0 Å². The van der Waals surface area contributed by atoms with E-state index in [0.717, 1.165) is 22.4 Å². The summed E-state index contributed by atoms with van der Waals surface area (Å²) in [6, 6.07) is 15.5. The highest BCUT2D eigenvalue weighted by molar-refractivity contribution is 7.17. The lowest BCUT2D eigenvalue weighted by Gasteiger charge is -2.09. The summed E-state index contributed by atoms with van der Waals surface area (Å²) in [6.07, 6.45) is 1.44. The number of nitrogens with zero attached hydrogens (tertiary/aromatic N) is 2. The molecule has 31 heavy (non-hydrogen) atoms. The van der Waals surface area contributed by atoms with Crippen molar-refractivity contribution in [1.82, 2.24) is 14.9 Å². The van der Waals surface area contributed by atoms with Crippen LogP contribution in [0.3, 0.4) is 0 Å². The van der Waals surface area contributed by atoms with Crippen molar-refractivity contribution in [3.63, 3.8) is 0 Å². The summed E-state index contributed by atoms with van der Waals surface area (Å²) >= 11 is 1.43. The Balaban J connectivity index is 1.47. The first kappa shape index (κ1) is 20.8. The third-order valence-corrected chi connectivity index (χ3v) is 6.02. The first-order valence-electron chi connectivity index (χ1n) is 10.0. The predicted octanol–water partition coefficient (Wildman–Crippen LogP) is 3.94. The van der Waals surface area contributed by atoms with Crippen molar-refractivity contribution in [2.24, 2.45) is 0 Å². The SMILES string of the molecule is Cc1ccc(-c2csc3ncn(CC(=O)NCCOc4ccccc4)c(=O)c23)cc1C. The Morgan fingerprint density at radius 2 is 1.94 bits per heavy atom. The fraction of sp³-hybridized carbons (Fsp3) is 0.208. The van der Waals surface area contributed by atoms with E-state index in [1.807, 2.05) is 47.8 Å². The van der Waals surface area contributed by atoms with Crippen LogP contribution in [0.25, 0.3) is 21.3 Å². The summed E-state index contributed by atoms with van der Waals surface area (Å²) in [4.78, 5) is 30.5. The summed E-state index contributed by atoms with van der Waals surface area (Å²) in [7, 11) is 0. The van der Waals surface area contributed by atoms with Gasteiger partial charge in [0.1, 0.15) is 23.7 Å². The molecule has 0 radical (unpaired) electrons. The average molecular weight is 434 g/mol. The fourth-order valence-corrected chi connectivity index (χ4v) is 4.19. The molecule has 0 fully saturated rings. The molecule has 0 bridgehead atoms. The Morgan fingerprint density at radius 3 is 2.71 bits per heavy atom. The van der Waals surface area contributed by atoms with E-state index in [1.54, 1.807) is 0 Å². The van der Waals surface area contributed by atoms with Crippen molar-refractivity contribution in [2.75, 3.05) is 13.2 Å². The van der Waals surface area contributed by atoms with Gasteiger partial charge in [0.15, 0.2) is 0 Å². The minimum atomic E-state index is -0.261. The zero-order valence-corrected chi connectivity index (χ0v) is 18.2. The Labute approximate surface area is 184 Å². The summed E-state index contributed by atoms with van der Waals surface area (Å²) in [6.45, 7) is 4.72. The molecule has 158 valence electrons. The van der Waals surface area contributed by atoms with Crippen molar-refractivity contribution in [1.29, 1.82) is 0 Å². The van der Waals surface area contributed by atoms with Gasteiger partial charge in [-0.25, -0.2) is 4.98 Å². The standard InChI is InChI=1S/C24H23N3O3S/c1-16-8-9-18(12-17(16)2)20-14-31-23-22(20)24(29)27(15-26-23)13-21(28)25-10-11-30-19-6-4-3-5-7-19/h3-9,12,14-15H,10-11,13H2,1-2H3,(H,25,28). The molecule has 0 aliphatic heterocycles. The second-order valence-corrected chi connectivity index (χ2v) is 8.18. The van der Waals surface area contributed by atoms with Gasteiger partial charge in [-0.3, -0.25) is 14.2 Å². The zero-order chi connectivity index (χ0) is 21.8. The summed E-state index contributed by atoms with van der Waals surface area (Å²) < 4.78 is 6.92. The van der Waals surface area contributed by atoms with E-state index in [1.165, 1.54) is 27.8 Å². The summed E-state index contributed by atoms with van der Waals surface area (Å²) in [5.74, 6) is 0.488. The topological polar surface area (TPSA) is 73.2 Å². The van der Waals surface area contributed by atoms with Gasteiger partial charge in [0.05, 0.1) is 18.3 Å². The summed E-state index contributed by atoms with van der Waals surface area (Å²) in [5, 5.41) is 5.29. The van der Waals surface area contributed by atoms with E-state index in [-0.39, 0.29) is 18.0 Å². The van der Waals surface area contributed by atoms with Crippen LogP contribution in [0.2, 0.25) is 0 Å². The predicted molar refractivity (Wildman–Crippen MR) is 124 cm³/mol. The molecule has 0 atom stereocenters. The highest BCUT2D eigenvalue weighted by atomic mass is 32.1. The van der Waals surface area contributed by atoms with Crippen molar-refractivity contribution in [2.45, 2.75) is 20.4 Å². The van der Waals surface area contributed by atoms with Crippen LogP contribution >= 0.6 is 11.3 Å². The number of para-hydroxylation sites is 1. The third kappa shape index (κ3) is 4.67. The van der Waals surface area contributed by atoms with E-state index >= 15 is 0 Å². The lowest BCUT2D eigenvalue weighted by atomic mass is 10.0. The minimum Gasteiger partial charge on any atom is -0.492 e. The highest BCUT2D eigenvalue weighted by Crippen LogP contribution is 2.31. The number of hydrogen-bond acceptors (Lipinski definition) is 5. The molecule has 0 saturated carbocycles. The number of fused-ring (bicyclic) bond motifs is 1. The minimum absolute atomic E-state index is 0.0880. The average Bonchev–Trinajstić information content (AvgIpc) is 3.21. The van der Waals surface area contributed by atoms with E-state index < -0.39 is 0 Å². The van der Waals surface area contributed by atoms with E-state index in [0.29, 0.717) is 23.4 Å². The number of thiophene rings is 1. The highest BCUT2D eigenvalue weighted by Gasteiger charge is 2.15. The van der Waals surface area contributed by atoms with Gasteiger partial charge in [0.2, 0.25) is 5.91 Å². The third-order valence-electron chi connectivity index (χ3n) is 5.13. The quantitative estimate of drug-likeness (QED) is 0.448. The number of carbonyl (C=O) groups is 1. The van der Waals surface area contributed by atoms with E-state index in [4.69, 9.17) is 4.74 Å². The Hall–Kier alpha value is -3.45. The maximum atomic E-state index is 13.1. The van der Waals surface area contributed by atoms with Crippen molar-refractivity contribution in [3.05, 3.63) is 81.7 Å². The second kappa shape index (κ2) is 9.14. The molecular formula is C24H23N3O3S. The molecule has 0 unspecified atom stereocenters. The van der Waals surface area contributed by atoms with Gasteiger partial charge in [0.25, 0.3) is 5.56 Å². The van der Waals surface area contributed by atoms with Crippen LogP contribution in [-0.4, -0.2) is 28.6 Å². The normalized spacial score (nSPS) is 10.9. The summed E-state index contributed by atoms with van der Waals surface area (Å²) in [5.41, 5.74) is 3.99. The molecule has 2 aromatic heterocycles. The number of aryl methyl sites for hydroxylation is 2. The van der Waals surface area contributed by atoms with Gasteiger partial charge < -0.3 is 10.1 Å². The smallest absolute Gasteiger partial charge is 0.263 e. The van der Waals surface area contributed by atoms with Crippen LogP contribution in [0.4, 0.5) is 0 Å². The molecule has 0 saturated heterocycles. The largest absolute Gasteiger partial charge is 0.492 e. The van der Waals surface area contributed by atoms with Crippen LogP contribution < -0.4 is 15.6 Å². The van der Waals surface area contributed by atoms with Gasteiger partial charge in [-0.1, -0.05) is 36.4 Å². The number of ether oxygens (including phenoxy) is 1. The number of rotatable bonds is 7. The van der Waals surface area contributed by atoms with Crippen LogP contribution in [0.1, 0.15) is 11.1 Å². The molecule has 2 heterocycles. The van der Waals surface area contributed by atoms with Gasteiger partial charge >= 0.3 is 0 Å². The molecule has 0 aliphatic carbocycles. The molecular weight excluding hydrogens is 410 g/mol. The molecule has 1 amide bonds. The monoisotopic (exact) mass is 433 g/mol. The van der Waals surface area contributed by atoms with Crippen molar-refractivity contribution in [3.8, 4) is 16.9 Å². The number of benzene rings is 2. The van der Waals surface area contributed by atoms with Crippen LogP contribution in [0, 0.1) is 13.8 Å². The maximum Gasteiger partial charge on any atom is 0.263 e. The first-order chi connectivity index (χ1) is 15.0. The van der Waals surface area contributed by atoms with Crippen molar-refractivity contribution < 1.29 is 9.53 Å². The molecule has 4 rings (SSSR count). The molecule has 6 nitrogen and oxygen atoms in total. The second-order valence-electron chi connectivity index (χ2n) is 7.32. The Bertz CT molecular complexity index is 1280. The lowest BCUT2D eigenvalue weighted by Crippen LogP contribution is -2.34. The van der Waals surface area contributed by atoms with Gasteiger partial charge in [-0.05, 0) is 42.7 Å². The number of nitrogens with one attached hydrogen (secondary N) is 1. The number of hydrogen-bond donors (Lipinski definition) is 1. The van der Waals surface area contributed by atoms with Crippen LogP contribution in [0.5, 0.6) is 5.75 Å². The lowest BCUT2D eigenvalue weighted by molar-refractivity contribution is -0.121. The first-order valence-corrected chi connectivity index (χ1v) is 10.9. The molecule has 4 aromatic rings. The maximum absolute atomic E-state index is 13.1. The number of carbonyl (C=O) groups excluding carboxylic acids is 1. The fourth-order valence-electron chi connectivity index (χ4n) is 3.29. The molecule has 0 aliphatic rings. The number of amides is 1. The Kier molecular flexibility index (Phi) is 6.13. The Morgan fingerprint density at radius 1 is 1.13 bits per heavy atom. The van der Waals surface area contributed by atoms with Gasteiger partial charge in [0, 0.05) is 10.9 Å². The van der Waals surface area contributed by atoms with Crippen molar-refractivity contribution >= 4 is 27.5 Å². The van der Waals surface area contributed by atoms with Gasteiger partial charge in [-0.15, -0.1) is 11.3 Å². The van der Waals surface area contributed by atoms with Crippen LogP contribution in [-0.2, 0) is 11.3 Å². The molecule has 0 spiro atoms.